The lowest BCUT2D eigenvalue weighted by molar-refractivity contribution is 0.0679. The van der Waals surface area contributed by atoms with Crippen molar-refractivity contribution in [1.82, 2.24) is 5.32 Å². The number of nitrogens with two attached hydrogens (primary N) is 1. The van der Waals surface area contributed by atoms with Crippen LogP contribution in [0.1, 0.15) is 36.5 Å². The summed E-state index contributed by atoms with van der Waals surface area (Å²) in [5.41, 5.74) is 6.26. The van der Waals surface area contributed by atoms with Crippen molar-refractivity contribution in [3.05, 3.63) is 29.8 Å². The van der Waals surface area contributed by atoms with Crippen molar-refractivity contribution in [2.45, 2.75) is 38.3 Å². The minimum absolute atomic E-state index is 0. The Morgan fingerprint density at radius 2 is 2.36 bits per heavy atom. The molecule has 2 rings (SSSR count). The van der Waals surface area contributed by atoms with E-state index in [0.29, 0.717) is 24.5 Å². The minimum atomic E-state index is -0.0989. The fraction of sp³-hybridized carbons (Fsp3) is 0.562. The van der Waals surface area contributed by atoms with Crippen LogP contribution in [0.5, 0.6) is 5.75 Å². The van der Waals surface area contributed by atoms with Crippen LogP contribution in [0.25, 0.3) is 0 Å². The van der Waals surface area contributed by atoms with Gasteiger partial charge in [-0.15, -0.1) is 12.4 Å². The zero-order chi connectivity index (χ0) is 15.1. The van der Waals surface area contributed by atoms with Crippen LogP contribution in [0.3, 0.4) is 0 Å². The van der Waals surface area contributed by atoms with Crippen molar-refractivity contribution in [1.29, 1.82) is 0 Å². The van der Waals surface area contributed by atoms with E-state index >= 15 is 0 Å². The van der Waals surface area contributed by atoms with E-state index in [1.165, 1.54) is 0 Å². The molecule has 1 heterocycles. The summed E-state index contributed by atoms with van der Waals surface area (Å²) < 4.78 is 11.2. The Morgan fingerprint density at radius 3 is 3.05 bits per heavy atom. The summed E-state index contributed by atoms with van der Waals surface area (Å²) in [5.74, 6) is 0.601. The van der Waals surface area contributed by atoms with Crippen LogP contribution in [0.15, 0.2) is 24.3 Å². The number of ether oxygens (including phenoxy) is 2. The smallest absolute Gasteiger partial charge is 0.251 e. The fourth-order valence-electron chi connectivity index (χ4n) is 2.21. The lowest BCUT2D eigenvalue weighted by Gasteiger charge is -2.12. The Labute approximate surface area is 138 Å². The molecule has 1 fully saturated rings. The average molecular weight is 329 g/mol. The number of hydrogen-bond acceptors (Lipinski definition) is 4. The Balaban J connectivity index is 0.00000242. The molecule has 3 N–H and O–H groups in total. The quantitative estimate of drug-likeness (QED) is 0.804. The first-order valence-corrected chi connectivity index (χ1v) is 7.53. The summed E-state index contributed by atoms with van der Waals surface area (Å²) >= 11 is 0. The summed E-state index contributed by atoms with van der Waals surface area (Å²) in [4.78, 5) is 12.0. The van der Waals surface area contributed by atoms with Crippen molar-refractivity contribution in [3.8, 4) is 5.75 Å². The molecule has 1 aromatic carbocycles. The first kappa shape index (κ1) is 18.7. The molecule has 0 saturated carbocycles. The molecule has 0 spiro atoms. The maximum absolute atomic E-state index is 12.0. The maximum atomic E-state index is 12.0. The lowest BCUT2D eigenvalue weighted by atomic mass is 10.2. The number of hydrogen-bond donors (Lipinski definition) is 2. The molecule has 0 aliphatic carbocycles. The third kappa shape index (κ3) is 6.22. The van der Waals surface area contributed by atoms with Gasteiger partial charge in [0.1, 0.15) is 12.4 Å². The standard InChI is InChI=1S/C16H24N2O3.ClH/c1-12(17)7-8-18-16(19)13-4-2-5-14(10-13)21-11-15-6-3-9-20-15;/h2,4-5,10,12,15H,3,6-9,11,17H2,1H3,(H,18,19);1H. The average Bonchev–Trinajstić information content (AvgIpc) is 2.98. The molecule has 0 aromatic heterocycles. The summed E-state index contributed by atoms with van der Waals surface area (Å²) in [7, 11) is 0. The third-order valence-electron chi connectivity index (χ3n) is 3.44. The van der Waals surface area contributed by atoms with Crippen molar-refractivity contribution >= 4 is 18.3 Å². The second-order valence-electron chi connectivity index (χ2n) is 5.50. The van der Waals surface area contributed by atoms with Crippen LogP contribution in [0.2, 0.25) is 0 Å². The molecule has 2 atom stereocenters. The van der Waals surface area contributed by atoms with E-state index in [9.17, 15) is 4.79 Å². The van der Waals surface area contributed by atoms with E-state index in [0.717, 1.165) is 25.9 Å². The molecule has 22 heavy (non-hydrogen) atoms. The number of benzene rings is 1. The van der Waals surface area contributed by atoms with Crippen LogP contribution in [0.4, 0.5) is 0 Å². The number of nitrogens with one attached hydrogen (secondary N) is 1. The van der Waals surface area contributed by atoms with Gasteiger partial charge in [-0.2, -0.15) is 0 Å². The molecule has 2 unspecified atom stereocenters. The highest BCUT2D eigenvalue weighted by Gasteiger charge is 2.16. The van der Waals surface area contributed by atoms with Crippen LogP contribution >= 0.6 is 12.4 Å². The predicted octanol–water partition coefficient (Wildman–Crippen LogP) is 2.13. The van der Waals surface area contributed by atoms with Crippen molar-refractivity contribution < 1.29 is 14.3 Å². The molecule has 6 heteroatoms. The molecule has 1 aromatic rings. The molecule has 124 valence electrons. The van der Waals surface area contributed by atoms with E-state index in [-0.39, 0.29) is 30.5 Å². The van der Waals surface area contributed by atoms with Crippen molar-refractivity contribution in [3.63, 3.8) is 0 Å². The van der Waals surface area contributed by atoms with Crippen LogP contribution in [-0.4, -0.2) is 37.8 Å². The van der Waals surface area contributed by atoms with E-state index in [1.54, 1.807) is 12.1 Å². The number of amides is 1. The normalized spacial score (nSPS) is 18.4. The monoisotopic (exact) mass is 328 g/mol. The highest BCUT2D eigenvalue weighted by atomic mass is 35.5. The van der Waals surface area contributed by atoms with Gasteiger partial charge in [0.25, 0.3) is 5.91 Å². The Hall–Kier alpha value is -1.30. The Kier molecular flexibility index (Phi) is 8.24. The SMILES string of the molecule is CC(N)CCNC(=O)c1cccc(OCC2CCCO2)c1.Cl. The molecule has 0 radical (unpaired) electrons. The molecule has 1 aliphatic heterocycles. The van der Waals surface area contributed by atoms with E-state index < -0.39 is 0 Å². The van der Waals surface area contributed by atoms with Gasteiger partial charge in [0, 0.05) is 24.8 Å². The van der Waals surface area contributed by atoms with Gasteiger partial charge >= 0.3 is 0 Å². The van der Waals surface area contributed by atoms with E-state index in [2.05, 4.69) is 5.32 Å². The van der Waals surface area contributed by atoms with Gasteiger partial charge in [0.2, 0.25) is 0 Å². The number of carbonyl (C=O) groups excluding carboxylic acids is 1. The summed E-state index contributed by atoms with van der Waals surface area (Å²) in [5, 5.41) is 2.86. The van der Waals surface area contributed by atoms with Gasteiger partial charge < -0.3 is 20.5 Å². The molecule has 1 aliphatic rings. The molecule has 1 amide bonds. The minimum Gasteiger partial charge on any atom is -0.491 e. The molecule has 0 bridgehead atoms. The Bertz CT molecular complexity index is 462. The second kappa shape index (κ2) is 9.66. The van der Waals surface area contributed by atoms with Crippen molar-refractivity contribution in [2.24, 2.45) is 5.73 Å². The van der Waals surface area contributed by atoms with E-state index in [4.69, 9.17) is 15.2 Å². The maximum Gasteiger partial charge on any atom is 0.251 e. The van der Waals surface area contributed by atoms with Gasteiger partial charge in [0.05, 0.1) is 6.10 Å². The highest BCUT2D eigenvalue weighted by molar-refractivity contribution is 5.94. The van der Waals surface area contributed by atoms with Crippen LogP contribution in [-0.2, 0) is 4.74 Å². The van der Waals surface area contributed by atoms with Gasteiger partial charge in [-0.05, 0) is 44.4 Å². The zero-order valence-corrected chi connectivity index (χ0v) is 13.7. The van der Waals surface area contributed by atoms with Gasteiger partial charge in [-0.3, -0.25) is 4.79 Å². The first-order chi connectivity index (χ1) is 10.1. The zero-order valence-electron chi connectivity index (χ0n) is 12.9. The van der Waals surface area contributed by atoms with Gasteiger partial charge in [-0.25, -0.2) is 0 Å². The topological polar surface area (TPSA) is 73.6 Å². The summed E-state index contributed by atoms with van der Waals surface area (Å²) in [6.07, 6.45) is 3.07. The predicted molar refractivity (Wildman–Crippen MR) is 88.8 cm³/mol. The molecular weight excluding hydrogens is 304 g/mol. The summed E-state index contributed by atoms with van der Waals surface area (Å²) in [6, 6.07) is 7.31. The van der Waals surface area contributed by atoms with Crippen LogP contribution < -0.4 is 15.8 Å². The number of rotatable bonds is 7. The van der Waals surface area contributed by atoms with Gasteiger partial charge in [-0.1, -0.05) is 6.07 Å². The molecular formula is C16H25ClN2O3. The van der Waals surface area contributed by atoms with Crippen molar-refractivity contribution in [2.75, 3.05) is 19.8 Å². The fourth-order valence-corrected chi connectivity index (χ4v) is 2.21. The van der Waals surface area contributed by atoms with Crippen LogP contribution in [0, 0.1) is 0 Å². The Morgan fingerprint density at radius 1 is 1.55 bits per heavy atom. The third-order valence-corrected chi connectivity index (χ3v) is 3.44. The van der Waals surface area contributed by atoms with E-state index in [1.807, 2.05) is 19.1 Å². The second-order valence-corrected chi connectivity index (χ2v) is 5.50. The van der Waals surface area contributed by atoms with Gasteiger partial charge in [0.15, 0.2) is 0 Å². The number of carbonyl (C=O) groups is 1. The molecule has 1 saturated heterocycles. The first-order valence-electron chi connectivity index (χ1n) is 7.53. The molecule has 5 nitrogen and oxygen atoms in total. The summed E-state index contributed by atoms with van der Waals surface area (Å²) in [6.45, 7) is 3.86. The highest BCUT2D eigenvalue weighted by Crippen LogP contribution is 2.17. The largest absolute Gasteiger partial charge is 0.491 e. The number of halogens is 1. The lowest BCUT2D eigenvalue weighted by Crippen LogP contribution is -2.28.